The van der Waals surface area contributed by atoms with Gasteiger partial charge in [0.2, 0.25) is 0 Å². The average molecular weight is 297 g/mol. The van der Waals surface area contributed by atoms with Gasteiger partial charge in [-0.2, -0.15) is 0 Å². The van der Waals surface area contributed by atoms with Crippen molar-refractivity contribution < 1.29 is 9.53 Å². The van der Waals surface area contributed by atoms with Crippen LogP contribution in [0.25, 0.3) is 0 Å². The number of esters is 1. The molecule has 0 radical (unpaired) electrons. The van der Waals surface area contributed by atoms with Crippen molar-refractivity contribution in [3.63, 3.8) is 0 Å². The number of carbonyl (C=O) groups is 1. The maximum absolute atomic E-state index is 12.5. The lowest BCUT2D eigenvalue weighted by Gasteiger charge is -2.36. The Kier molecular flexibility index (Phi) is 5.63. The molecule has 2 aliphatic carbocycles. The minimum atomic E-state index is -0.483. The van der Waals surface area contributed by atoms with Gasteiger partial charge in [-0.05, 0) is 72.3 Å². The Labute approximate surface area is 129 Å². The van der Waals surface area contributed by atoms with E-state index in [1.165, 1.54) is 20.0 Å². The quantitative estimate of drug-likeness (QED) is 0.608. The van der Waals surface area contributed by atoms with Crippen LogP contribution < -0.4 is 5.32 Å². The molecule has 21 heavy (non-hydrogen) atoms. The predicted octanol–water partition coefficient (Wildman–Crippen LogP) is 0.944. The van der Waals surface area contributed by atoms with Crippen LogP contribution in [-0.2, 0) is 9.53 Å². The first kappa shape index (κ1) is 16.7. The predicted molar refractivity (Wildman–Crippen MR) is 84.3 cm³/mol. The minimum absolute atomic E-state index is 0.0728. The second kappa shape index (κ2) is 7.07. The molecule has 0 aromatic rings. The van der Waals surface area contributed by atoms with Crippen molar-refractivity contribution in [3.05, 3.63) is 0 Å². The first-order valence-electron chi connectivity index (χ1n) is 8.17. The molecule has 122 valence electrons. The molecule has 0 amide bonds. The molecule has 0 saturated heterocycles. The Bertz CT molecular complexity index is 353. The van der Waals surface area contributed by atoms with Gasteiger partial charge in [0.05, 0.1) is 7.11 Å². The highest BCUT2D eigenvalue weighted by molar-refractivity contribution is 5.82. The van der Waals surface area contributed by atoms with Gasteiger partial charge < -0.3 is 14.5 Å². The van der Waals surface area contributed by atoms with E-state index in [2.05, 4.69) is 36.3 Å². The van der Waals surface area contributed by atoms with E-state index in [1.807, 2.05) is 0 Å². The van der Waals surface area contributed by atoms with E-state index in [0.29, 0.717) is 12.0 Å². The topological polar surface area (TPSA) is 44.8 Å². The van der Waals surface area contributed by atoms with E-state index in [4.69, 9.17) is 4.74 Å². The van der Waals surface area contributed by atoms with Crippen LogP contribution in [0.3, 0.4) is 0 Å². The molecule has 5 heteroatoms. The van der Waals surface area contributed by atoms with Crippen molar-refractivity contribution in [2.24, 2.45) is 5.92 Å². The minimum Gasteiger partial charge on any atom is -0.468 e. The molecule has 2 saturated carbocycles. The summed E-state index contributed by atoms with van der Waals surface area (Å²) in [6.07, 6.45) is 5.78. The lowest BCUT2D eigenvalue weighted by Crippen LogP contribution is -2.61. The number of likely N-dealkylation sites (N-methyl/N-ethyl adjacent to an activating group) is 1. The van der Waals surface area contributed by atoms with Gasteiger partial charge in [-0.3, -0.25) is 5.32 Å². The molecule has 0 bridgehead atoms. The van der Waals surface area contributed by atoms with Crippen LogP contribution in [0.5, 0.6) is 0 Å². The fourth-order valence-electron chi connectivity index (χ4n) is 3.09. The SMILES string of the molecule is COC(=O)C(CN(C)CCCN(C)C)(NC1CC1)C1CC1. The van der Waals surface area contributed by atoms with Gasteiger partial charge in [-0.25, -0.2) is 4.79 Å². The van der Waals surface area contributed by atoms with E-state index in [-0.39, 0.29) is 5.97 Å². The van der Waals surface area contributed by atoms with Crippen molar-refractivity contribution in [1.29, 1.82) is 0 Å². The number of hydrogen-bond acceptors (Lipinski definition) is 5. The number of ether oxygens (including phenoxy) is 1. The number of rotatable bonds is 10. The summed E-state index contributed by atoms with van der Waals surface area (Å²) in [7, 11) is 7.82. The van der Waals surface area contributed by atoms with Gasteiger partial charge in [-0.1, -0.05) is 0 Å². The van der Waals surface area contributed by atoms with Crippen molar-refractivity contribution in [2.45, 2.75) is 43.7 Å². The molecule has 0 aliphatic heterocycles. The Balaban J connectivity index is 1.95. The lowest BCUT2D eigenvalue weighted by molar-refractivity contribution is -0.150. The van der Waals surface area contributed by atoms with Crippen LogP contribution in [0.1, 0.15) is 32.1 Å². The van der Waals surface area contributed by atoms with E-state index in [0.717, 1.165) is 38.9 Å². The summed E-state index contributed by atoms with van der Waals surface area (Å²) in [4.78, 5) is 17.0. The number of carbonyl (C=O) groups excluding carboxylic acids is 1. The summed E-state index contributed by atoms with van der Waals surface area (Å²) in [6.45, 7) is 2.85. The van der Waals surface area contributed by atoms with Crippen molar-refractivity contribution in [2.75, 3.05) is 47.9 Å². The monoisotopic (exact) mass is 297 g/mol. The second-order valence-corrected chi connectivity index (χ2v) is 7.05. The van der Waals surface area contributed by atoms with Crippen molar-refractivity contribution >= 4 is 5.97 Å². The fraction of sp³-hybridized carbons (Fsp3) is 0.938. The highest BCUT2D eigenvalue weighted by Gasteiger charge is 2.54. The Hall–Kier alpha value is -0.650. The Morgan fingerprint density at radius 3 is 2.33 bits per heavy atom. The van der Waals surface area contributed by atoms with Gasteiger partial charge in [0, 0.05) is 12.6 Å². The van der Waals surface area contributed by atoms with Gasteiger partial charge in [-0.15, -0.1) is 0 Å². The molecular formula is C16H31N3O2. The third kappa shape index (κ3) is 4.66. The highest BCUT2D eigenvalue weighted by atomic mass is 16.5. The first-order chi connectivity index (χ1) is 9.98. The maximum Gasteiger partial charge on any atom is 0.327 e. The summed E-state index contributed by atoms with van der Waals surface area (Å²) in [5.74, 6) is 0.373. The normalized spacial score (nSPS) is 21.6. The van der Waals surface area contributed by atoms with Gasteiger partial charge >= 0.3 is 5.97 Å². The zero-order valence-corrected chi connectivity index (χ0v) is 14.0. The molecular weight excluding hydrogens is 266 g/mol. The molecule has 0 spiro atoms. The highest BCUT2D eigenvalue weighted by Crippen LogP contribution is 2.42. The van der Waals surface area contributed by atoms with E-state index in [1.54, 1.807) is 0 Å². The summed E-state index contributed by atoms with van der Waals surface area (Å²) in [5.41, 5.74) is -0.483. The molecule has 1 N–H and O–H groups in total. The van der Waals surface area contributed by atoms with Crippen molar-refractivity contribution in [1.82, 2.24) is 15.1 Å². The number of hydrogen-bond donors (Lipinski definition) is 1. The van der Waals surface area contributed by atoms with E-state index in [9.17, 15) is 4.79 Å². The molecule has 1 unspecified atom stereocenters. The second-order valence-electron chi connectivity index (χ2n) is 7.05. The van der Waals surface area contributed by atoms with E-state index < -0.39 is 5.54 Å². The summed E-state index contributed by atoms with van der Waals surface area (Å²) in [5, 5.41) is 3.62. The first-order valence-corrected chi connectivity index (χ1v) is 8.17. The van der Waals surface area contributed by atoms with Crippen LogP contribution in [-0.4, -0.2) is 75.2 Å². The number of methoxy groups -OCH3 is 1. The molecule has 2 fully saturated rings. The summed E-state index contributed by atoms with van der Waals surface area (Å²) >= 11 is 0. The van der Waals surface area contributed by atoms with E-state index >= 15 is 0 Å². The van der Waals surface area contributed by atoms with Crippen molar-refractivity contribution in [3.8, 4) is 0 Å². The fourth-order valence-corrected chi connectivity index (χ4v) is 3.09. The largest absolute Gasteiger partial charge is 0.468 e. The van der Waals surface area contributed by atoms with Gasteiger partial charge in [0.25, 0.3) is 0 Å². The van der Waals surface area contributed by atoms with Gasteiger partial charge in [0.1, 0.15) is 5.54 Å². The summed E-state index contributed by atoms with van der Waals surface area (Å²) in [6, 6.07) is 0.514. The molecule has 2 rings (SSSR count). The molecule has 0 heterocycles. The number of nitrogens with zero attached hydrogens (tertiary/aromatic N) is 2. The summed E-state index contributed by atoms with van der Waals surface area (Å²) < 4.78 is 5.15. The van der Waals surface area contributed by atoms with Crippen LogP contribution in [0, 0.1) is 5.92 Å². The zero-order chi connectivity index (χ0) is 15.5. The smallest absolute Gasteiger partial charge is 0.327 e. The van der Waals surface area contributed by atoms with Crippen LogP contribution in [0.15, 0.2) is 0 Å². The maximum atomic E-state index is 12.5. The Morgan fingerprint density at radius 1 is 1.19 bits per heavy atom. The average Bonchev–Trinajstić information content (AvgIpc) is 3.27. The molecule has 2 aliphatic rings. The van der Waals surface area contributed by atoms with Crippen LogP contribution >= 0.6 is 0 Å². The molecule has 1 atom stereocenters. The number of nitrogens with one attached hydrogen (secondary N) is 1. The zero-order valence-electron chi connectivity index (χ0n) is 14.0. The van der Waals surface area contributed by atoms with Gasteiger partial charge in [0.15, 0.2) is 0 Å². The van der Waals surface area contributed by atoms with Crippen LogP contribution in [0.2, 0.25) is 0 Å². The molecule has 0 aromatic heterocycles. The molecule has 5 nitrogen and oxygen atoms in total. The lowest BCUT2D eigenvalue weighted by atomic mass is 9.92. The van der Waals surface area contributed by atoms with Crippen LogP contribution in [0.4, 0.5) is 0 Å². The third-order valence-electron chi connectivity index (χ3n) is 4.53. The standard InChI is InChI=1S/C16H31N3O2/c1-18(2)10-5-11-19(3)12-16(13-6-7-13,15(20)21-4)17-14-8-9-14/h13-14,17H,5-12H2,1-4H3. The molecule has 0 aromatic carbocycles. The third-order valence-corrected chi connectivity index (χ3v) is 4.53. The Morgan fingerprint density at radius 2 is 1.86 bits per heavy atom.